The topological polar surface area (TPSA) is 43.8 Å². The molecule has 1 heterocycles. The molecular formula is C29H36N2O3. The van der Waals surface area contributed by atoms with Crippen molar-refractivity contribution in [2.24, 2.45) is 0 Å². The molecule has 1 aliphatic carbocycles. The number of pyridine rings is 1. The molecule has 0 amide bonds. The molecule has 34 heavy (non-hydrogen) atoms. The first kappa shape index (κ1) is 25.2. The van der Waals surface area contributed by atoms with Crippen LogP contribution >= 0.6 is 0 Å². The van der Waals surface area contributed by atoms with E-state index in [1.54, 1.807) is 19.6 Å². The van der Waals surface area contributed by atoms with Gasteiger partial charge in [0.25, 0.3) is 0 Å². The number of aromatic nitrogens is 1. The Morgan fingerprint density at radius 2 is 1.71 bits per heavy atom. The van der Waals surface area contributed by atoms with Crippen LogP contribution in [0.5, 0.6) is 17.2 Å². The predicted molar refractivity (Wildman–Crippen MR) is 139 cm³/mol. The maximum atomic E-state index is 6.35. The summed E-state index contributed by atoms with van der Waals surface area (Å²) in [6, 6.07) is 18.3. The average Bonchev–Trinajstić information content (AvgIpc) is 3.41. The van der Waals surface area contributed by atoms with E-state index in [4.69, 9.17) is 14.2 Å². The van der Waals surface area contributed by atoms with Crippen LogP contribution in [-0.4, -0.2) is 18.2 Å². The molecule has 0 spiro atoms. The maximum Gasteiger partial charge on any atom is 0.163 e. The van der Waals surface area contributed by atoms with Crippen LogP contribution in [0.25, 0.3) is 0 Å². The Morgan fingerprint density at radius 1 is 0.971 bits per heavy atom. The van der Waals surface area contributed by atoms with E-state index < -0.39 is 0 Å². The van der Waals surface area contributed by atoms with Crippen molar-refractivity contribution in [2.75, 3.05) is 12.0 Å². The maximum absolute atomic E-state index is 6.35. The van der Waals surface area contributed by atoms with E-state index in [9.17, 15) is 0 Å². The van der Waals surface area contributed by atoms with Crippen LogP contribution in [0, 0.1) is 0 Å². The summed E-state index contributed by atoms with van der Waals surface area (Å²) < 4.78 is 17.5. The monoisotopic (exact) mass is 460 g/mol. The molecule has 0 radical (unpaired) electrons. The lowest BCUT2D eigenvalue weighted by Crippen LogP contribution is -2.17. The van der Waals surface area contributed by atoms with Crippen LogP contribution in [0.1, 0.15) is 52.0 Å². The minimum Gasteiger partial charge on any atom is -0.493 e. The summed E-state index contributed by atoms with van der Waals surface area (Å²) in [6.07, 6.45) is 12.1. The summed E-state index contributed by atoms with van der Waals surface area (Å²) in [6.45, 7) is 6.61. The number of nitrogens with zero attached hydrogens (tertiary/aromatic N) is 2. The highest BCUT2D eigenvalue weighted by Crippen LogP contribution is 2.38. The van der Waals surface area contributed by atoms with Crippen LogP contribution in [0.3, 0.4) is 0 Å². The average molecular weight is 461 g/mol. The summed E-state index contributed by atoms with van der Waals surface area (Å²) >= 11 is 0. The molecule has 1 aromatic heterocycles. The summed E-state index contributed by atoms with van der Waals surface area (Å²) in [5.74, 6) is 2.35. The molecule has 0 N–H and O–H groups in total. The highest BCUT2D eigenvalue weighted by Gasteiger charge is 2.20. The molecule has 5 heteroatoms. The fraction of sp³-hybridized carbons (Fsp3) is 0.345. The van der Waals surface area contributed by atoms with E-state index in [1.807, 2.05) is 57.3 Å². The van der Waals surface area contributed by atoms with Crippen LogP contribution < -0.4 is 19.1 Å². The van der Waals surface area contributed by atoms with Crippen molar-refractivity contribution < 1.29 is 14.2 Å². The minimum absolute atomic E-state index is 0.258. The van der Waals surface area contributed by atoms with Gasteiger partial charge in [0.05, 0.1) is 19.5 Å². The SMILES string of the molecule is C/C=C\Oc1ccc(N(Cc2cccnc2)c2ccc(OC)c(OC3CCCC3)c2)cc1.CC. The molecule has 2 aromatic carbocycles. The van der Waals surface area contributed by atoms with Gasteiger partial charge < -0.3 is 19.1 Å². The zero-order valence-corrected chi connectivity index (χ0v) is 20.7. The quantitative estimate of drug-likeness (QED) is 0.306. The van der Waals surface area contributed by atoms with Gasteiger partial charge >= 0.3 is 0 Å². The highest BCUT2D eigenvalue weighted by molar-refractivity contribution is 5.67. The van der Waals surface area contributed by atoms with Crippen LogP contribution in [0.15, 0.2) is 79.3 Å². The number of anilines is 2. The van der Waals surface area contributed by atoms with Crippen LogP contribution in [-0.2, 0) is 6.54 Å². The van der Waals surface area contributed by atoms with E-state index in [-0.39, 0.29) is 6.10 Å². The molecule has 0 unspecified atom stereocenters. The third kappa shape index (κ3) is 6.77. The van der Waals surface area contributed by atoms with E-state index >= 15 is 0 Å². The third-order valence-corrected chi connectivity index (χ3v) is 5.61. The normalized spacial score (nSPS) is 13.3. The van der Waals surface area contributed by atoms with Gasteiger partial charge in [-0.05, 0) is 80.6 Å². The van der Waals surface area contributed by atoms with Gasteiger partial charge in [-0.15, -0.1) is 0 Å². The van der Waals surface area contributed by atoms with Crippen LogP contribution in [0.4, 0.5) is 11.4 Å². The second-order valence-electron chi connectivity index (χ2n) is 7.89. The predicted octanol–water partition coefficient (Wildman–Crippen LogP) is 7.69. The molecule has 5 nitrogen and oxygen atoms in total. The van der Waals surface area contributed by atoms with E-state index in [2.05, 4.69) is 40.2 Å². The molecule has 0 saturated heterocycles. The van der Waals surface area contributed by atoms with Gasteiger partial charge in [0, 0.05) is 36.4 Å². The summed E-state index contributed by atoms with van der Waals surface area (Å²) in [4.78, 5) is 6.53. The lowest BCUT2D eigenvalue weighted by molar-refractivity contribution is 0.201. The standard InChI is InChI=1S/C27H30N2O3.C2H6/c1-3-17-31-24-13-10-22(11-14-24)29(20-21-7-6-16-28-19-21)23-12-15-26(30-2)27(18-23)32-25-8-4-5-9-25;1-2/h3,6-7,10-19,25H,4-5,8-9,20H2,1-2H3;1-2H3/b17-3-;. The molecule has 1 aliphatic rings. The van der Waals surface area contributed by atoms with Gasteiger partial charge in [-0.3, -0.25) is 4.98 Å². The zero-order chi connectivity index (χ0) is 24.2. The zero-order valence-electron chi connectivity index (χ0n) is 20.7. The third-order valence-electron chi connectivity index (χ3n) is 5.61. The minimum atomic E-state index is 0.258. The Morgan fingerprint density at radius 3 is 2.35 bits per heavy atom. The Kier molecular flexibility index (Phi) is 9.83. The van der Waals surface area contributed by atoms with Gasteiger partial charge in [0.1, 0.15) is 5.75 Å². The molecule has 1 fully saturated rings. The van der Waals surface area contributed by atoms with Gasteiger partial charge in [0.15, 0.2) is 11.5 Å². The molecule has 1 saturated carbocycles. The first-order valence-corrected chi connectivity index (χ1v) is 12.2. The van der Waals surface area contributed by atoms with E-state index in [1.165, 1.54) is 12.8 Å². The molecule has 0 bridgehead atoms. The fourth-order valence-corrected chi connectivity index (χ4v) is 3.97. The number of rotatable bonds is 9. The van der Waals surface area contributed by atoms with E-state index in [0.29, 0.717) is 6.54 Å². The summed E-state index contributed by atoms with van der Waals surface area (Å²) in [5, 5.41) is 0. The molecule has 0 atom stereocenters. The largest absolute Gasteiger partial charge is 0.493 e. The van der Waals surface area contributed by atoms with Crippen molar-refractivity contribution >= 4 is 11.4 Å². The fourth-order valence-electron chi connectivity index (χ4n) is 3.97. The summed E-state index contributed by atoms with van der Waals surface area (Å²) in [5.41, 5.74) is 3.21. The van der Waals surface area contributed by atoms with Gasteiger partial charge in [0.2, 0.25) is 0 Å². The first-order chi connectivity index (χ1) is 16.8. The molecule has 0 aliphatic heterocycles. The number of ether oxygens (including phenoxy) is 3. The Balaban J connectivity index is 0.00000158. The second-order valence-corrected chi connectivity index (χ2v) is 7.89. The van der Waals surface area contributed by atoms with Crippen molar-refractivity contribution in [3.05, 3.63) is 84.9 Å². The molecular weight excluding hydrogens is 424 g/mol. The number of benzene rings is 2. The van der Waals surface area contributed by atoms with Gasteiger partial charge in [-0.25, -0.2) is 0 Å². The smallest absolute Gasteiger partial charge is 0.163 e. The van der Waals surface area contributed by atoms with Crippen molar-refractivity contribution in [3.63, 3.8) is 0 Å². The lowest BCUT2D eigenvalue weighted by atomic mass is 10.1. The van der Waals surface area contributed by atoms with Gasteiger partial charge in [-0.2, -0.15) is 0 Å². The van der Waals surface area contributed by atoms with Gasteiger partial charge in [-0.1, -0.05) is 26.0 Å². The Labute approximate surface area is 204 Å². The molecule has 3 aromatic rings. The van der Waals surface area contributed by atoms with Crippen molar-refractivity contribution in [1.29, 1.82) is 0 Å². The van der Waals surface area contributed by atoms with E-state index in [0.717, 1.165) is 47.0 Å². The van der Waals surface area contributed by atoms with Crippen molar-refractivity contribution in [3.8, 4) is 17.2 Å². The molecule has 180 valence electrons. The second kappa shape index (κ2) is 13.3. The number of hydrogen-bond acceptors (Lipinski definition) is 5. The highest BCUT2D eigenvalue weighted by atomic mass is 16.5. The lowest BCUT2D eigenvalue weighted by Gasteiger charge is -2.27. The summed E-state index contributed by atoms with van der Waals surface area (Å²) in [7, 11) is 1.69. The number of allylic oxidation sites excluding steroid dienone is 1. The Bertz CT molecular complexity index is 1010. The Hall–Kier alpha value is -3.47. The van der Waals surface area contributed by atoms with Crippen LogP contribution in [0.2, 0.25) is 0 Å². The number of methoxy groups -OCH3 is 1. The van der Waals surface area contributed by atoms with Crippen molar-refractivity contribution in [1.82, 2.24) is 4.98 Å². The van der Waals surface area contributed by atoms with Crippen molar-refractivity contribution in [2.45, 2.75) is 59.1 Å². The number of hydrogen-bond donors (Lipinski definition) is 0. The molecule has 4 rings (SSSR count). The first-order valence-electron chi connectivity index (χ1n) is 12.2.